The first kappa shape index (κ1) is 30.0. The van der Waals surface area contributed by atoms with Crippen molar-refractivity contribution in [3.63, 3.8) is 0 Å². The van der Waals surface area contributed by atoms with E-state index < -0.39 is 0 Å². The summed E-state index contributed by atoms with van der Waals surface area (Å²) in [6.07, 6.45) is 5.15. The van der Waals surface area contributed by atoms with Crippen molar-refractivity contribution in [2.45, 2.75) is 39.8 Å². The predicted octanol–water partition coefficient (Wildman–Crippen LogP) is 3.00. The fourth-order valence-electron chi connectivity index (χ4n) is 7.14. The van der Waals surface area contributed by atoms with Crippen molar-refractivity contribution in [2.75, 3.05) is 60.6 Å². The number of nitrogens with one attached hydrogen (secondary N) is 1. The lowest BCUT2D eigenvalue weighted by atomic mass is 9.90. The molecule has 7 rings (SSSR count). The van der Waals surface area contributed by atoms with E-state index in [4.69, 9.17) is 10.7 Å². The van der Waals surface area contributed by atoms with Gasteiger partial charge in [-0.15, -0.1) is 0 Å². The number of fused-ring (bicyclic) bond motifs is 3. The molecule has 0 atom stereocenters. The van der Waals surface area contributed by atoms with E-state index in [-0.39, 0.29) is 29.3 Å². The van der Waals surface area contributed by atoms with Gasteiger partial charge >= 0.3 is 0 Å². The Hall–Kier alpha value is -4.68. The largest absolute Gasteiger partial charge is 0.397 e. The van der Waals surface area contributed by atoms with Crippen LogP contribution in [0, 0.1) is 5.41 Å². The van der Waals surface area contributed by atoms with Crippen LogP contribution in [0.4, 0.5) is 28.7 Å². The van der Waals surface area contributed by atoms with Crippen molar-refractivity contribution in [3.05, 3.63) is 75.6 Å². The van der Waals surface area contributed by atoms with Gasteiger partial charge in [0.1, 0.15) is 11.5 Å². The number of hydrogen-bond donors (Lipinski definition) is 3. The zero-order valence-electron chi connectivity index (χ0n) is 26.9. The first-order valence-corrected chi connectivity index (χ1v) is 15.8. The number of pyridine rings is 1. The number of likely N-dealkylation sites (N-methyl/N-ethyl adjacent to an activating group) is 1. The highest BCUT2D eigenvalue weighted by Crippen LogP contribution is 2.40. The molecule has 0 spiro atoms. The second kappa shape index (κ2) is 11.3. The van der Waals surface area contributed by atoms with E-state index >= 15 is 0 Å². The Labute approximate surface area is 268 Å². The van der Waals surface area contributed by atoms with Crippen molar-refractivity contribution in [1.82, 2.24) is 24.0 Å². The van der Waals surface area contributed by atoms with Gasteiger partial charge in [0, 0.05) is 81.2 Å². The number of anilines is 5. The number of aryl methyl sites for hydroxylation is 1. The molecule has 12 heteroatoms. The molecule has 1 amide bonds. The SMILES string of the molecule is CN1CCN(c2ccc(Nc3nc(-c4ccnc(N5CCn6c(cc7c6CC(C)(C)C7)C5=O)c4CO)cn(C)c3=O)cc2N)CC1. The summed E-state index contributed by atoms with van der Waals surface area (Å²) in [7, 11) is 3.77. The molecule has 1 fully saturated rings. The van der Waals surface area contributed by atoms with Crippen LogP contribution in [0.15, 0.2) is 47.5 Å². The molecular weight excluding hydrogens is 582 g/mol. The summed E-state index contributed by atoms with van der Waals surface area (Å²) in [6.45, 7) is 9.00. The Kier molecular flexibility index (Phi) is 7.36. The zero-order valence-corrected chi connectivity index (χ0v) is 26.9. The number of aliphatic hydroxyl groups excluding tert-OH is 1. The summed E-state index contributed by atoms with van der Waals surface area (Å²) in [5.41, 5.74) is 13.3. The van der Waals surface area contributed by atoms with Crippen LogP contribution < -0.4 is 26.4 Å². The molecule has 12 nitrogen and oxygen atoms in total. The summed E-state index contributed by atoms with van der Waals surface area (Å²) >= 11 is 0. The summed E-state index contributed by atoms with van der Waals surface area (Å²) in [4.78, 5) is 42.5. The maximum absolute atomic E-state index is 13.8. The van der Waals surface area contributed by atoms with Crippen LogP contribution in [-0.4, -0.2) is 74.8 Å². The lowest BCUT2D eigenvalue weighted by Crippen LogP contribution is -2.44. The fourth-order valence-corrected chi connectivity index (χ4v) is 7.14. The number of aromatic nitrogens is 4. The van der Waals surface area contributed by atoms with Gasteiger partial charge in [0.2, 0.25) is 0 Å². The molecule has 1 aromatic carbocycles. The number of carbonyl (C=O) groups is 1. The number of carbonyl (C=O) groups excluding carboxylic acids is 1. The summed E-state index contributed by atoms with van der Waals surface area (Å²) in [6, 6.07) is 9.47. The van der Waals surface area contributed by atoms with E-state index in [2.05, 4.69) is 45.6 Å². The Morgan fingerprint density at radius 1 is 1.00 bits per heavy atom. The third kappa shape index (κ3) is 5.21. The number of rotatable bonds is 6. The van der Waals surface area contributed by atoms with Gasteiger partial charge < -0.3 is 35.1 Å². The first-order valence-electron chi connectivity index (χ1n) is 15.8. The van der Waals surface area contributed by atoms with Crippen LogP contribution in [0.25, 0.3) is 11.3 Å². The highest BCUT2D eigenvalue weighted by Gasteiger charge is 2.37. The van der Waals surface area contributed by atoms with Crippen molar-refractivity contribution >= 4 is 34.6 Å². The lowest BCUT2D eigenvalue weighted by Gasteiger charge is -2.34. The van der Waals surface area contributed by atoms with Gasteiger partial charge in [0.05, 0.1) is 23.7 Å². The molecule has 0 unspecified atom stereocenters. The van der Waals surface area contributed by atoms with Crippen molar-refractivity contribution in [2.24, 2.45) is 12.5 Å². The van der Waals surface area contributed by atoms with E-state index in [9.17, 15) is 14.7 Å². The Balaban J connectivity index is 1.18. The third-order valence-corrected chi connectivity index (χ3v) is 9.55. The van der Waals surface area contributed by atoms with Crippen molar-refractivity contribution in [1.29, 1.82) is 0 Å². The normalized spacial score (nSPS) is 17.7. The number of hydrogen-bond acceptors (Lipinski definition) is 9. The van der Waals surface area contributed by atoms with Crippen LogP contribution in [0.3, 0.4) is 0 Å². The second-order valence-corrected chi connectivity index (χ2v) is 13.5. The number of benzene rings is 1. The van der Waals surface area contributed by atoms with E-state index in [0.717, 1.165) is 44.7 Å². The number of piperazine rings is 1. The molecule has 3 aliphatic rings. The topological polar surface area (TPSA) is 138 Å². The highest BCUT2D eigenvalue weighted by atomic mass is 16.3. The standard InChI is InChI=1S/C34H41N9O3/c1-34(2)17-21-15-28-32(45)43(14-13-42(28)29(21)18-34)31-24(20-44)23(7-8-36-31)26-19-40(4)33(46)30(38-26)37-22-5-6-27(25(35)16-22)41-11-9-39(3)10-12-41/h5-8,15-16,19,44H,9-14,17-18,20,35H2,1-4H3,(H,37,38). The smallest absolute Gasteiger partial charge is 0.293 e. The van der Waals surface area contributed by atoms with Gasteiger partial charge in [-0.25, -0.2) is 9.97 Å². The zero-order chi connectivity index (χ0) is 32.3. The third-order valence-electron chi connectivity index (χ3n) is 9.55. The Morgan fingerprint density at radius 2 is 1.78 bits per heavy atom. The van der Waals surface area contributed by atoms with Gasteiger partial charge in [-0.3, -0.25) is 14.5 Å². The van der Waals surface area contributed by atoms with E-state index in [1.165, 1.54) is 15.8 Å². The molecule has 1 saturated heterocycles. The predicted molar refractivity (Wildman–Crippen MR) is 180 cm³/mol. The Morgan fingerprint density at radius 3 is 2.52 bits per heavy atom. The molecule has 5 heterocycles. The highest BCUT2D eigenvalue weighted by molar-refractivity contribution is 6.06. The molecule has 46 heavy (non-hydrogen) atoms. The quantitative estimate of drug-likeness (QED) is 0.277. The average molecular weight is 624 g/mol. The number of aliphatic hydroxyl groups is 1. The Bertz CT molecular complexity index is 1900. The summed E-state index contributed by atoms with van der Waals surface area (Å²) in [5, 5.41) is 13.8. The van der Waals surface area contributed by atoms with Gasteiger partial charge in [-0.05, 0) is 61.2 Å². The number of nitrogen functional groups attached to an aromatic ring is 1. The van der Waals surface area contributed by atoms with Gasteiger partial charge in [0.15, 0.2) is 5.82 Å². The minimum absolute atomic E-state index is 0.123. The maximum Gasteiger partial charge on any atom is 0.293 e. The van der Waals surface area contributed by atoms with E-state index in [1.807, 2.05) is 24.3 Å². The van der Waals surface area contributed by atoms with E-state index in [0.29, 0.717) is 52.8 Å². The number of nitrogens with zero attached hydrogens (tertiary/aromatic N) is 7. The molecular formula is C34H41N9O3. The maximum atomic E-state index is 13.8. The van der Waals surface area contributed by atoms with Crippen molar-refractivity contribution < 1.29 is 9.90 Å². The monoisotopic (exact) mass is 623 g/mol. The van der Waals surface area contributed by atoms with Crippen LogP contribution in [0.5, 0.6) is 0 Å². The molecule has 2 aliphatic heterocycles. The molecule has 3 aromatic heterocycles. The van der Waals surface area contributed by atoms with Gasteiger partial charge in [0.25, 0.3) is 11.5 Å². The minimum atomic E-state index is -0.356. The van der Waals surface area contributed by atoms with Crippen LogP contribution in [-0.2, 0) is 33.0 Å². The second-order valence-electron chi connectivity index (χ2n) is 13.5. The number of amides is 1. The molecule has 240 valence electrons. The molecule has 1 aliphatic carbocycles. The van der Waals surface area contributed by atoms with Crippen LogP contribution in [0.2, 0.25) is 0 Å². The minimum Gasteiger partial charge on any atom is -0.397 e. The molecule has 4 aromatic rings. The summed E-state index contributed by atoms with van der Waals surface area (Å²) in [5.74, 6) is 0.389. The first-order chi connectivity index (χ1) is 22.0. The van der Waals surface area contributed by atoms with Gasteiger partial charge in [-0.1, -0.05) is 13.8 Å². The molecule has 0 saturated carbocycles. The van der Waals surface area contributed by atoms with Gasteiger partial charge in [-0.2, -0.15) is 0 Å². The average Bonchev–Trinajstić information content (AvgIpc) is 3.52. The van der Waals surface area contributed by atoms with Crippen LogP contribution in [0.1, 0.15) is 41.2 Å². The molecule has 0 radical (unpaired) electrons. The van der Waals surface area contributed by atoms with Crippen molar-refractivity contribution in [3.8, 4) is 11.3 Å². The van der Waals surface area contributed by atoms with Crippen LogP contribution >= 0.6 is 0 Å². The summed E-state index contributed by atoms with van der Waals surface area (Å²) < 4.78 is 3.61. The van der Waals surface area contributed by atoms with E-state index in [1.54, 1.807) is 30.4 Å². The lowest BCUT2D eigenvalue weighted by molar-refractivity contribution is 0.0962. The number of nitrogens with two attached hydrogens (primary N) is 1. The molecule has 0 bridgehead atoms. The fraction of sp³-hybridized carbons (Fsp3) is 0.412. The molecule has 4 N–H and O–H groups in total.